The van der Waals surface area contributed by atoms with Crippen LogP contribution in [0.5, 0.6) is 5.75 Å². The molecule has 0 aromatic heterocycles. The first-order chi connectivity index (χ1) is 8.38. The summed E-state index contributed by atoms with van der Waals surface area (Å²) in [6.45, 7) is 4.11. The van der Waals surface area contributed by atoms with E-state index >= 15 is 0 Å². The zero-order chi connectivity index (χ0) is 13.5. The van der Waals surface area contributed by atoms with Crippen LogP contribution in [0.2, 0.25) is 0 Å². The lowest BCUT2D eigenvalue weighted by atomic mass is 9.96. The molecule has 1 aromatic carbocycles. The van der Waals surface area contributed by atoms with Gasteiger partial charge in [-0.2, -0.15) is 0 Å². The Morgan fingerprint density at radius 1 is 1.44 bits per heavy atom. The van der Waals surface area contributed by atoms with Crippen LogP contribution in [0.1, 0.15) is 29.2 Å². The summed E-state index contributed by atoms with van der Waals surface area (Å²) in [5, 5.41) is 0. The van der Waals surface area contributed by atoms with Crippen LogP contribution in [0.15, 0.2) is 11.0 Å². The molecule has 1 aliphatic heterocycles. The maximum atomic E-state index is 12.1. The molecule has 0 spiro atoms. The molecule has 100 valence electrons. The Labute approximate surface area is 107 Å². The second-order valence-corrected chi connectivity index (χ2v) is 6.34. The number of rotatable bonds is 2. The molecular formula is C12H18N2O3S. The maximum absolute atomic E-state index is 12.1. The highest BCUT2D eigenvalue weighted by molar-refractivity contribution is 7.89. The zero-order valence-electron chi connectivity index (χ0n) is 10.8. The SMILES string of the molecule is CNS(=O)(=O)c1c(C)c(C)cc2c1OCCC2N. The molecule has 1 aromatic rings. The Kier molecular flexibility index (Phi) is 3.35. The number of hydrogen-bond acceptors (Lipinski definition) is 4. The third-order valence-electron chi connectivity index (χ3n) is 3.38. The molecule has 1 unspecified atom stereocenters. The summed E-state index contributed by atoms with van der Waals surface area (Å²) < 4.78 is 32.1. The quantitative estimate of drug-likeness (QED) is 0.840. The minimum Gasteiger partial charge on any atom is -0.492 e. The molecule has 0 radical (unpaired) electrons. The van der Waals surface area contributed by atoms with Crippen LogP contribution in [-0.2, 0) is 10.0 Å². The van der Waals surface area contributed by atoms with Gasteiger partial charge in [0.05, 0.1) is 6.61 Å². The number of ether oxygens (including phenoxy) is 1. The van der Waals surface area contributed by atoms with Crippen molar-refractivity contribution in [1.29, 1.82) is 0 Å². The van der Waals surface area contributed by atoms with Crippen molar-refractivity contribution in [3.05, 3.63) is 22.8 Å². The predicted molar refractivity (Wildman–Crippen MR) is 69.2 cm³/mol. The Morgan fingerprint density at radius 3 is 2.72 bits per heavy atom. The summed E-state index contributed by atoms with van der Waals surface area (Å²) in [4.78, 5) is 0.218. The number of benzene rings is 1. The van der Waals surface area contributed by atoms with Crippen molar-refractivity contribution in [3.8, 4) is 5.75 Å². The average molecular weight is 270 g/mol. The van der Waals surface area contributed by atoms with E-state index in [9.17, 15) is 8.42 Å². The van der Waals surface area contributed by atoms with Gasteiger partial charge in [-0.15, -0.1) is 0 Å². The lowest BCUT2D eigenvalue weighted by molar-refractivity contribution is 0.261. The fourth-order valence-corrected chi connectivity index (χ4v) is 3.37. The second-order valence-electron chi connectivity index (χ2n) is 4.52. The van der Waals surface area contributed by atoms with Gasteiger partial charge in [0.1, 0.15) is 10.6 Å². The van der Waals surface area contributed by atoms with E-state index in [-0.39, 0.29) is 10.9 Å². The first-order valence-corrected chi connectivity index (χ1v) is 7.33. The molecule has 3 N–H and O–H groups in total. The monoisotopic (exact) mass is 270 g/mol. The second kappa shape index (κ2) is 4.53. The molecule has 2 rings (SSSR count). The fourth-order valence-electron chi connectivity index (χ4n) is 2.18. The van der Waals surface area contributed by atoms with Crippen molar-refractivity contribution in [2.24, 2.45) is 5.73 Å². The first kappa shape index (κ1) is 13.3. The van der Waals surface area contributed by atoms with Crippen LogP contribution < -0.4 is 15.2 Å². The number of aryl methyl sites for hydroxylation is 1. The van der Waals surface area contributed by atoms with Crippen LogP contribution in [0.4, 0.5) is 0 Å². The van der Waals surface area contributed by atoms with Crippen molar-refractivity contribution in [1.82, 2.24) is 4.72 Å². The van der Waals surface area contributed by atoms with Crippen molar-refractivity contribution in [2.75, 3.05) is 13.7 Å². The fraction of sp³-hybridized carbons (Fsp3) is 0.500. The Balaban J connectivity index is 2.79. The van der Waals surface area contributed by atoms with Crippen molar-refractivity contribution >= 4 is 10.0 Å². The number of fused-ring (bicyclic) bond motifs is 1. The van der Waals surface area contributed by atoms with Crippen molar-refractivity contribution < 1.29 is 13.2 Å². The molecule has 1 aliphatic rings. The minimum atomic E-state index is -3.55. The molecule has 0 amide bonds. The van der Waals surface area contributed by atoms with E-state index in [2.05, 4.69) is 4.72 Å². The first-order valence-electron chi connectivity index (χ1n) is 5.84. The summed E-state index contributed by atoms with van der Waals surface area (Å²) in [7, 11) is -2.15. The highest BCUT2D eigenvalue weighted by Crippen LogP contribution is 2.39. The van der Waals surface area contributed by atoms with Crippen molar-refractivity contribution in [3.63, 3.8) is 0 Å². The van der Waals surface area contributed by atoms with Gasteiger partial charge in [-0.1, -0.05) is 6.07 Å². The largest absolute Gasteiger partial charge is 0.492 e. The van der Waals surface area contributed by atoms with Gasteiger partial charge in [-0.3, -0.25) is 0 Å². The van der Waals surface area contributed by atoms with Crippen LogP contribution in [0.25, 0.3) is 0 Å². The summed E-state index contributed by atoms with van der Waals surface area (Å²) >= 11 is 0. The molecule has 0 saturated carbocycles. The molecule has 1 heterocycles. The molecule has 5 nitrogen and oxygen atoms in total. The third-order valence-corrected chi connectivity index (χ3v) is 4.95. The van der Waals surface area contributed by atoms with E-state index in [0.717, 1.165) is 11.1 Å². The molecule has 0 saturated heterocycles. The number of sulfonamides is 1. The van der Waals surface area contributed by atoms with E-state index in [1.54, 1.807) is 6.92 Å². The highest BCUT2D eigenvalue weighted by atomic mass is 32.2. The number of nitrogens with two attached hydrogens (primary N) is 1. The molecule has 6 heteroatoms. The molecule has 1 atom stereocenters. The lowest BCUT2D eigenvalue weighted by Gasteiger charge is -2.27. The van der Waals surface area contributed by atoms with E-state index in [1.807, 2.05) is 13.0 Å². The summed E-state index contributed by atoms with van der Waals surface area (Å²) in [6.07, 6.45) is 0.703. The molecule has 18 heavy (non-hydrogen) atoms. The number of hydrogen-bond donors (Lipinski definition) is 2. The van der Waals surface area contributed by atoms with Gasteiger partial charge in [-0.05, 0) is 32.0 Å². The van der Waals surface area contributed by atoms with E-state index in [0.29, 0.717) is 24.3 Å². The van der Waals surface area contributed by atoms with Gasteiger partial charge in [0.15, 0.2) is 0 Å². The normalized spacial score (nSPS) is 19.2. The molecule has 0 bridgehead atoms. The average Bonchev–Trinajstić information content (AvgIpc) is 2.32. The predicted octanol–water partition coefficient (Wildman–Crippen LogP) is 0.994. The van der Waals surface area contributed by atoms with Crippen molar-refractivity contribution in [2.45, 2.75) is 31.2 Å². The lowest BCUT2D eigenvalue weighted by Crippen LogP contribution is -2.26. The van der Waals surface area contributed by atoms with Gasteiger partial charge < -0.3 is 10.5 Å². The Hall–Kier alpha value is -1.11. The highest BCUT2D eigenvalue weighted by Gasteiger charge is 2.29. The van der Waals surface area contributed by atoms with E-state index in [1.165, 1.54) is 7.05 Å². The van der Waals surface area contributed by atoms with Gasteiger partial charge in [0.2, 0.25) is 10.0 Å². The topological polar surface area (TPSA) is 81.4 Å². The third kappa shape index (κ3) is 2.00. The zero-order valence-corrected chi connectivity index (χ0v) is 11.6. The Morgan fingerprint density at radius 2 is 2.11 bits per heavy atom. The van der Waals surface area contributed by atoms with Crippen LogP contribution in [0, 0.1) is 13.8 Å². The Bertz CT molecular complexity index is 581. The van der Waals surface area contributed by atoms with Crippen LogP contribution in [-0.4, -0.2) is 22.1 Å². The molecule has 0 aliphatic carbocycles. The number of nitrogens with one attached hydrogen (secondary N) is 1. The van der Waals surface area contributed by atoms with Crippen LogP contribution >= 0.6 is 0 Å². The molecule has 0 fully saturated rings. The van der Waals surface area contributed by atoms with Gasteiger partial charge in [0, 0.05) is 18.0 Å². The minimum absolute atomic E-state index is 0.168. The van der Waals surface area contributed by atoms with Gasteiger partial charge >= 0.3 is 0 Å². The summed E-state index contributed by atoms with van der Waals surface area (Å²) in [5.74, 6) is 0.409. The summed E-state index contributed by atoms with van der Waals surface area (Å²) in [6, 6.07) is 1.75. The maximum Gasteiger partial charge on any atom is 0.244 e. The van der Waals surface area contributed by atoms with Crippen LogP contribution in [0.3, 0.4) is 0 Å². The van der Waals surface area contributed by atoms with E-state index < -0.39 is 10.0 Å². The van der Waals surface area contributed by atoms with Gasteiger partial charge in [0.25, 0.3) is 0 Å². The van der Waals surface area contributed by atoms with Gasteiger partial charge in [-0.25, -0.2) is 13.1 Å². The summed E-state index contributed by atoms with van der Waals surface area (Å²) in [5.41, 5.74) is 8.41. The standard InChI is InChI=1S/C12H18N2O3S/c1-7-6-9-10(13)4-5-17-11(9)12(8(7)2)18(15,16)14-3/h6,10,14H,4-5,13H2,1-3H3. The molecular weight excluding hydrogens is 252 g/mol. The smallest absolute Gasteiger partial charge is 0.244 e. The van der Waals surface area contributed by atoms with E-state index in [4.69, 9.17) is 10.5 Å².